The summed E-state index contributed by atoms with van der Waals surface area (Å²) in [5.74, 6) is 1.43. The van der Waals surface area contributed by atoms with Crippen LogP contribution >= 0.6 is 0 Å². The fraction of sp³-hybridized carbons (Fsp3) is 0.455. The third-order valence-electron chi connectivity index (χ3n) is 5.54. The van der Waals surface area contributed by atoms with E-state index in [9.17, 15) is 8.42 Å². The number of H-pyrrole nitrogens is 1. The van der Waals surface area contributed by atoms with E-state index in [1.165, 1.54) is 18.9 Å². The average Bonchev–Trinajstić information content (AvgIpc) is 3.19. The minimum atomic E-state index is -3.29. The Morgan fingerprint density at radius 2 is 2.00 bits per heavy atom. The summed E-state index contributed by atoms with van der Waals surface area (Å²) >= 11 is 0. The zero-order valence-corrected chi connectivity index (χ0v) is 19.9. The maximum absolute atomic E-state index is 11.9. The Bertz CT molecular complexity index is 1130. The highest BCUT2D eigenvalue weighted by atomic mass is 32.2. The Kier molecular flexibility index (Phi) is 8.05. The Labute approximate surface area is 189 Å². The Hall–Kier alpha value is -2.69. The smallest absolute Gasteiger partial charge is 0.215 e. The molecule has 0 amide bonds. The lowest BCUT2D eigenvalue weighted by Gasteiger charge is -2.23. The van der Waals surface area contributed by atoms with E-state index < -0.39 is 10.0 Å². The number of anilines is 1. The van der Waals surface area contributed by atoms with Crippen LogP contribution in [0.15, 0.2) is 36.9 Å². The maximum atomic E-state index is 11.9. The first kappa shape index (κ1) is 24.0. The molecule has 3 aromatic rings. The highest BCUT2D eigenvalue weighted by molar-refractivity contribution is 7.88. The van der Waals surface area contributed by atoms with Gasteiger partial charge in [-0.1, -0.05) is 6.07 Å². The third-order valence-corrected chi connectivity index (χ3v) is 6.88. The van der Waals surface area contributed by atoms with Crippen LogP contribution in [0.2, 0.25) is 0 Å². The lowest BCUT2D eigenvalue weighted by molar-refractivity contribution is 0.335. The number of aromatic nitrogens is 3. The number of methoxy groups -OCH3 is 1. The van der Waals surface area contributed by atoms with E-state index in [0.717, 1.165) is 54.8 Å². The SMILES string of the molecule is CNS(=O)(=O)Cc1ccc2[nH]cc(CCCN(C)CCN(C)c3ncncc3OC)c2c1. The molecule has 3 rings (SSSR count). The van der Waals surface area contributed by atoms with Gasteiger partial charge in [0.25, 0.3) is 0 Å². The van der Waals surface area contributed by atoms with E-state index in [2.05, 4.69) is 36.5 Å². The van der Waals surface area contributed by atoms with Crippen LogP contribution in [0.25, 0.3) is 10.9 Å². The summed E-state index contributed by atoms with van der Waals surface area (Å²) in [6.45, 7) is 2.67. The number of fused-ring (bicyclic) bond motifs is 1. The van der Waals surface area contributed by atoms with Crippen LogP contribution in [0, 0.1) is 0 Å². The summed E-state index contributed by atoms with van der Waals surface area (Å²) in [4.78, 5) is 16.0. The molecule has 9 nitrogen and oxygen atoms in total. The van der Waals surface area contributed by atoms with Crippen LogP contribution < -0.4 is 14.4 Å². The molecule has 10 heteroatoms. The molecule has 0 aliphatic rings. The van der Waals surface area contributed by atoms with Crippen molar-refractivity contribution >= 4 is 26.7 Å². The summed E-state index contributed by atoms with van der Waals surface area (Å²) in [5, 5.41) is 1.09. The number of ether oxygens (including phenoxy) is 1. The molecule has 32 heavy (non-hydrogen) atoms. The molecular formula is C22H32N6O3S. The van der Waals surface area contributed by atoms with Crippen LogP contribution in [-0.2, 0) is 22.2 Å². The molecule has 0 unspecified atom stereocenters. The summed E-state index contributed by atoms with van der Waals surface area (Å²) in [6, 6.07) is 5.78. The fourth-order valence-corrected chi connectivity index (χ4v) is 4.40. The van der Waals surface area contributed by atoms with Crippen LogP contribution in [-0.4, -0.2) is 76.2 Å². The van der Waals surface area contributed by atoms with Gasteiger partial charge in [-0.2, -0.15) is 0 Å². The van der Waals surface area contributed by atoms with Gasteiger partial charge in [0.05, 0.1) is 19.1 Å². The van der Waals surface area contributed by atoms with Gasteiger partial charge in [-0.25, -0.2) is 23.1 Å². The zero-order valence-electron chi connectivity index (χ0n) is 19.1. The molecule has 0 saturated heterocycles. The third kappa shape index (κ3) is 6.18. The van der Waals surface area contributed by atoms with Crippen molar-refractivity contribution in [3.8, 4) is 5.75 Å². The molecule has 0 aliphatic heterocycles. The Balaban J connectivity index is 1.52. The van der Waals surface area contributed by atoms with E-state index in [1.807, 2.05) is 31.4 Å². The fourth-order valence-electron chi connectivity index (χ4n) is 3.63. The number of nitrogens with one attached hydrogen (secondary N) is 2. The Morgan fingerprint density at radius 3 is 2.75 bits per heavy atom. The van der Waals surface area contributed by atoms with E-state index >= 15 is 0 Å². The van der Waals surface area contributed by atoms with Gasteiger partial charge in [-0.3, -0.25) is 0 Å². The molecule has 0 spiro atoms. The van der Waals surface area contributed by atoms with Crippen molar-refractivity contribution in [2.45, 2.75) is 18.6 Å². The van der Waals surface area contributed by atoms with Crippen LogP contribution in [0.5, 0.6) is 5.75 Å². The molecule has 0 radical (unpaired) electrons. The van der Waals surface area contributed by atoms with Gasteiger partial charge >= 0.3 is 0 Å². The van der Waals surface area contributed by atoms with Crippen molar-refractivity contribution in [3.05, 3.63) is 48.0 Å². The van der Waals surface area contributed by atoms with E-state index in [-0.39, 0.29) is 5.75 Å². The van der Waals surface area contributed by atoms with Crippen LogP contribution in [0.4, 0.5) is 5.82 Å². The van der Waals surface area contributed by atoms with Gasteiger partial charge in [0, 0.05) is 37.2 Å². The highest BCUT2D eigenvalue weighted by Crippen LogP contribution is 2.23. The maximum Gasteiger partial charge on any atom is 0.215 e. The molecule has 0 aliphatic carbocycles. The summed E-state index contributed by atoms with van der Waals surface area (Å²) in [7, 11) is 3.88. The molecule has 1 aromatic carbocycles. The predicted molar refractivity (Wildman–Crippen MR) is 128 cm³/mol. The van der Waals surface area contributed by atoms with Crippen LogP contribution in [0.3, 0.4) is 0 Å². The molecule has 0 atom stereocenters. The first-order valence-electron chi connectivity index (χ1n) is 10.6. The second kappa shape index (κ2) is 10.8. The number of benzene rings is 1. The molecule has 2 aromatic heterocycles. The van der Waals surface area contributed by atoms with Crippen LogP contribution in [0.1, 0.15) is 17.5 Å². The normalized spacial score (nSPS) is 11.9. The molecule has 0 bridgehead atoms. The summed E-state index contributed by atoms with van der Waals surface area (Å²) in [5.41, 5.74) is 3.02. The van der Waals surface area contributed by atoms with Crippen molar-refractivity contribution in [1.82, 2.24) is 24.6 Å². The monoisotopic (exact) mass is 460 g/mol. The van der Waals surface area contributed by atoms with Gasteiger partial charge in [0.2, 0.25) is 10.0 Å². The lowest BCUT2D eigenvalue weighted by atomic mass is 10.1. The number of sulfonamides is 1. The van der Waals surface area contributed by atoms with E-state index in [1.54, 1.807) is 13.3 Å². The number of hydrogen-bond donors (Lipinski definition) is 2. The summed E-state index contributed by atoms with van der Waals surface area (Å²) in [6.07, 6.45) is 7.14. The molecule has 2 N–H and O–H groups in total. The van der Waals surface area contributed by atoms with Crippen molar-refractivity contribution in [2.75, 3.05) is 52.8 Å². The molecular weight excluding hydrogens is 428 g/mol. The van der Waals surface area contributed by atoms with Gasteiger partial charge in [0.15, 0.2) is 11.6 Å². The number of nitrogens with zero attached hydrogens (tertiary/aromatic N) is 4. The first-order valence-corrected chi connectivity index (χ1v) is 12.2. The minimum Gasteiger partial charge on any atom is -0.491 e. The number of likely N-dealkylation sites (N-methyl/N-ethyl adjacent to an activating group) is 2. The molecule has 0 fully saturated rings. The second-order valence-electron chi connectivity index (χ2n) is 7.90. The number of rotatable bonds is 12. The number of aryl methyl sites for hydroxylation is 1. The molecule has 0 saturated carbocycles. The first-order chi connectivity index (χ1) is 15.3. The standard InChI is InChI=1S/C22H32N6O3S/c1-23-32(29,30)15-17-7-8-20-19(12-17)18(13-25-20)6-5-9-27(2)10-11-28(3)22-21(31-4)14-24-16-26-22/h7-8,12-14,16,23,25H,5-6,9-11,15H2,1-4H3. The van der Waals surface area contributed by atoms with Gasteiger partial charge in [-0.05, 0) is 56.7 Å². The van der Waals surface area contributed by atoms with Gasteiger partial charge in [0.1, 0.15) is 6.33 Å². The quantitative estimate of drug-likeness (QED) is 0.426. The average molecular weight is 461 g/mol. The summed E-state index contributed by atoms with van der Waals surface area (Å²) < 4.78 is 31.4. The van der Waals surface area contributed by atoms with Crippen molar-refractivity contribution in [2.24, 2.45) is 0 Å². The van der Waals surface area contributed by atoms with Gasteiger partial charge in [-0.15, -0.1) is 0 Å². The largest absolute Gasteiger partial charge is 0.491 e. The minimum absolute atomic E-state index is 0.0164. The van der Waals surface area contributed by atoms with Crippen molar-refractivity contribution < 1.29 is 13.2 Å². The molecule has 2 heterocycles. The predicted octanol–water partition coefficient (Wildman–Crippen LogP) is 2.02. The molecule has 174 valence electrons. The van der Waals surface area contributed by atoms with E-state index in [0.29, 0.717) is 5.75 Å². The second-order valence-corrected chi connectivity index (χ2v) is 9.83. The highest BCUT2D eigenvalue weighted by Gasteiger charge is 2.12. The van der Waals surface area contributed by atoms with Crippen molar-refractivity contribution in [3.63, 3.8) is 0 Å². The van der Waals surface area contributed by atoms with Gasteiger partial charge < -0.3 is 19.5 Å². The van der Waals surface area contributed by atoms with E-state index in [4.69, 9.17) is 4.74 Å². The topological polar surface area (TPSA) is 103 Å². The number of aromatic amines is 1. The lowest BCUT2D eigenvalue weighted by Crippen LogP contribution is -2.32. The van der Waals surface area contributed by atoms with Crippen molar-refractivity contribution in [1.29, 1.82) is 0 Å². The number of hydrogen-bond acceptors (Lipinski definition) is 7. The Morgan fingerprint density at radius 1 is 1.19 bits per heavy atom. The zero-order chi connectivity index (χ0) is 23.1.